The van der Waals surface area contributed by atoms with Gasteiger partial charge in [-0.1, -0.05) is 182 Å². The van der Waals surface area contributed by atoms with Gasteiger partial charge in [-0.25, -0.2) is 0 Å². The van der Waals surface area contributed by atoms with E-state index in [1.165, 1.54) is 87.2 Å². The van der Waals surface area contributed by atoms with E-state index in [-0.39, 0.29) is 0 Å². The Hall–Kier alpha value is -7.48. The Kier molecular flexibility index (Phi) is 7.89. The first-order chi connectivity index (χ1) is 28.3. The van der Waals surface area contributed by atoms with E-state index in [0.717, 1.165) is 17.1 Å². The molecule has 0 unspecified atom stereocenters. The SMILES string of the molecule is c1ccc(-c2ccc(N(c3ccc(-c4cccc5ccccc45)cc3)c3ccc4ccc5ccccc5c4c3)cc2-c2cc3ccccc3c3ccccc23)cc1. The topological polar surface area (TPSA) is 3.24 Å². The summed E-state index contributed by atoms with van der Waals surface area (Å²) < 4.78 is 0. The third-order valence-electron chi connectivity index (χ3n) is 11.6. The van der Waals surface area contributed by atoms with Crippen molar-refractivity contribution in [3.63, 3.8) is 0 Å². The number of anilines is 3. The molecule has 266 valence electrons. The van der Waals surface area contributed by atoms with Gasteiger partial charge < -0.3 is 4.90 Å². The molecule has 0 fully saturated rings. The lowest BCUT2D eigenvalue weighted by Gasteiger charge is -2.28. The number of hydrogen-bond acceptors (Lipinski definition) is 1. The first-order valence-electron chi connectivity index (χ1n) is 19.7. The molecule has 0 aliphatic rings. The first-order valence-corrected chi connectivity index (χ1v) is 19.7. The quantitative estimate of drug-likeness (QED) is 0.154. The summed E-state index contributed by atoms with van der Waals surface area (Å²) in [6.45, 7) is 0. The van der Waals surface area contributed by atoms with Gasteiger partial charge in [0.25, 0.3) is 0 Å². The lowest BCUT2D eigenvalue weighted by atomic mass is 9.88. The molecule has 0 amide bonds. The Bertz CT molecular complexity index is 3280. The van der Waals surface area contributed by atoms with Crippen LogP contribution in [0.3, 0.4) is 0 Å². The molecule has 0 saturated heterocycles. The summed E-state index contributed by atoms with van der Waals surface area (Å²) in [5.74, 6) is 0. The third-order valence-corrected chi connectivity index (χ3v) is 11.6. The van der Waals surface area contributed by atoms with Crippen molar-refractivity contribution in [1.29, 1.82) is 0 Å². The molecule has 11 aromatic rings. The Morgan fingerprint density at radius 1 is 0.211 bits per heavy atom. The molecule has 0 aliphatic heterocycles. The Balaban J connectivity index is 1.16. The highest BCUT2D eigenvalue weighted by Crippen LogP contribution is 2.45. The molecule has 11 rings (SSSR count). The minimum absolute atomic E-state index is 1.10. The summed E-state index contributed by atoms with van der Waals surface area (Å²) in [5, 5.41) is 12.5. The molecule has 0 radical (unpaired) electrons. The predicted molar refractivity (Wildman–Crippen MR) is 245 cm³/mol. The van der Waals surface area contributed by atoms with Gasteiger partial charge in [-0.15, -0.1) is 0 Å². The van der Waals surface area contributed by atoms with Gasteiger partial charge in [0, 0.05) is 17.1 Å². The van der Waals surface area contributed by atoms with Gasteiger partial charge in [0.15, 0.2) is 0 Å². The van der Waals surface area contributed by atoms with Crippen LogP contribution in [0.1, 0.15) is 0 Å². The average Bonchev–Trinajstić information content (AvgIpc) is 3.29. The maximum atomic E-state index is 2.43. The summed E-state index contributed by atoms with van der Waals surface area (Å²) in [4.78, 5) is 2.43. The second kappa shape index (κ2) is 13.7. The van der Waals surface area contributed by atoms with E-state index in [1.54, 1.807) is 0 Å². The second-order valence-corrected chi connectivity index (χ2v) is 14.9. The fourth-order valence-corrected chi connectivity index (χ4v) is 8.88. The van der Waals surface area contributed by atoms with Gasteiger partial charge in [0.05, 0.1) is 0 Å². The molecule has 57 heavy (non-hydrogen) atoms. The van der Waals surface area contributed by atoms with E-state index in [1.807, 2.05) is 0 Å². The number of benzene rings is 11. The van der Waals surface area contributed by atoms with E-state index in [0.29, 0.717) is 0 Å². The van der Waals surface area contributed by atoms with Crippen molar-refractivity contribution in [2.45, 2.75) is 0 Å². The molecule has 0 spiro atoms. The summed E-state index contributed by atoms with van der Waals surface area (Å²) in [6.07, 6.45) is 0. The Morgan fingerprint density at radius 2 is 0.719 bits per heavy atom. The Labute approximate surface area is 332 Å². The van der Waals surface area contributed by atoms with Crippen LogP contribution in [0.25, 0.3) is 87.2 Å². The lowest BCUT2D eigenvalue weighted by Crippen LogP contribution is -2.10. The van der Waals surface area contributed by atoms with Crippen LogP contribution < -0.4 is 4.90 Å². The fraction of sp³-hybridized carbons (Fsp3) is 0. The molecule has 1 nitrogen and oxygen atoms in total. The van der Waals surface area contributed by atoms with Gasteiger partial charge in [0.2, 0.25) is 0 Å². The van der Waals surface area contributed by atoms with E-state index in [9.17, 15) is 0 Å². The summed E-state index contributed by atoms with van der Waals surface area (Å²) in [7, 11) is 0. The first kappa shape index (κ1) is 32.9. The van der Waals surface area contributed by atoms with Crippen molar-refractivity contribution in [1.82, 2.24) is 0 Å². The van der Waals surface area contributed by atoms with Crippen LogP contribution >= 0.6 is 0 Å². The summed E-state index contributed by atoms with van der Waals surface area (Å²) >= 11 is 0. The Morgan fingerprint density at radius 3 is 1.49 bits per heavy atom. The number of rotatable bonds is 6. The average molecular weight is 724 g/mol. The van der Waals surface area contributed by atoms with Gasteiger partial charge in [-0.05, 0) is 130 Å². The van der Waals surface area contributed by atoms with E-state index >= 15 is 0 Å². The normalized spacial score (nSPS) is 11.5. The maximum absolute atomic E-state index is 2.43. The molecule has 1 heteroatoms. The number of nitrogens with zero attached hydrogens (tertiary/aromatic N) is 1. The van der Waals surface area contributed by atoms with Crippen LogP contribution in [-0.2, 0) is 0 Å². The van der Waals surface area contributed by atoms with E-state index in [2.05, 4.69) is 229 Å². The molecule has 0 atom stereocenters. The lowest BCUT2D eigenvalue weighted by molar-refractivity contribution is 1.29. The summed E-state index contributed by atoms with van der Waals surface area (Å²) in [5.41, 5.74) is 10.6. The molecule has 11 aromatic carbocycles. The van der Waals surface area contributed by atoms with Gasteiger partial charge in [-0.2, -0.15) is 0 Å². The molecule has 0 aromatic heterocycles. The van der Waals surface area contributed by atoms with Gasteiger partial charge >= 0.3 is 0 Å². The van der Waals surface area contributed by atoms with E-state index in [4.69, 9.17) is 0 Å². The van der Waals surface area contributed by atoms with Crippen molar-refractivity contribution in [2.24, 2.45) is 0 Å². The van der Waals surface area contributed by atoms with Crippen LogP contribution in [0.5, 0.6) is 0 Å². The minimum atomic E-state index is 1.10. The molecule has 0 saturated carbocycles. The van der Waals surface area contributed by atoms with Crippen molar-refractivity contribution in [3.05, 3.63) is 224 Å². The molecular weight excluding hydrogens is 687 g/mol. The monoisotopic (exact) mass is 723 g/mol. The molecule has 0 aliphatic carbocycles. The van der Waals surface area contributed by atoms with Crippen molar-refractivity contribution < 1.29 is 0 Å². The number of hydrogen-bond donors (Lipinski definition) is 0. The van der Waals surface area contributed by atoms with Crippen LogP contribution in [0.4, 0.5) is 17.1 Å². The molecule has 0 bridgehead atoms. The highest BCUT2D eigenvalue weighted by atomic mass is 15.1. The third kappa shape index (κ3) is 5.72. The number of fused-ring (bicyclic) bond motifs is 7. The van der Waals surface area contributed by atoms with Crippen molar-refractivity contribution in [2.75, 3.05) is 4.90 Å². The summed E-state index contributed by atoms with van der Waals surface area (Å²) in [6, 6.07) is 82.2. The smallest absolute Gasteiger partial charge is 0.0468 e. The molecular formula is C56H37N. The van der Waals surface area contributed by atoms with Gasteiger partial charge in [0.1, 0.15) is 0 Å². The zero-order chi connectivity index (χ0) is 37.7. The maximum Gasteiger partial charge on any atom is 0.0468 e. The highest BCUT2D eigenvalue weighted by molar-refractivity contribution is 6.15. The minimum Gasteiger partial charge on any atom is -0.310 e. The van der Waals surface area contributed by atoms with Crippen LogP contribution in [-0.4, -0.2) is 0 Å². The van der Waals surface area contributed by atoms with Crippen molar-refractivity contribution in [3.8, 4) is 33.4 Å². The fourth-order valence-electron chi connectivity index (χ4n) is 8.88. The second-order valence-electron chi connectivity index (χ2n) is 14.9. The van der Waals surface area contributed by atoms with Gasteiger partial charge in [-0.3, -0.25) is 0 Å². The van der Waals surface area contributed by atoms with E-state index < -0.39 is 0 Å². The largest absolute Gasteiger partial charge is 0.310 e. The van der Waals surface area contributed by atoms with Crippen LogP contribution in [0.15, 0.2) is 224 Å². The molecule has 0 N–H and O–H groups in total. The van der Waals surface area contributed by atoms with Crippen molar-refractivity contribution >= 4 is 70.9 Å². The molecule has 0 heterocycles. The highest BCUT2D eigenvalue weighted by Gasteiger charge is 2.19. The predicted octanol–water partition coefficient (Wildman–Crippen LogP) is 15.9. The standard InChI is InChI=1S/C56H37N/c1-2-13-38(14-3-1)51-34-33-46(37-56(51)55-35-43-17-6-9-21-50(43)52-22-10-11-23-53(52)55)57(45-32-29-42-26-25-40-16-5-8-20-49(40)54(42)36-45)44-30-27-41(28-31-44)48-24-12-18-39-15-4-7-19-47(39)48/h1-37H. The zero-order valence-electron chi connectivity index (χ0n) is 31.3. The zero-order valence-corrected chi connectivity index (χ0v) is 31.3. The van der Waals surface area contributed by atoms with Crippen LogP contribution in [0, 0.1) is 0 Å². The van der Waals surface area contributed by atoms with Crippen LogP contribution in [0.2, 0.25) is 0 Å².